The van der Waals surface area contributed by atoms with E-state index in [4.69, 9.17) is 11.6 Å². The molecule has 0 saturated heterocycles. The van der Waals surface area contributed by atoms with Crippen LogP contribution in [-0.4, -0.2) is 18.5 Å². The minimum absolute atomic E-state index is 0.371. The molecule has 0 aliphatic carbocycles. The zero-order valence-corrected chi connectivity index (χ0v) is 8.30. The van der Waals surface area contributed by atoms with Gasteiger partial charge < -0.3 is 5.32 Å². The summed E-state index contributed by atoms with van der Waals surface area (Å²) in [7, 11) is 1.84. The van der Waals surface area contributed by atoms with Gasteiger partial charge in [0.25, 0.3) is 0 Å². The fourth-order valence-corrected chi connectivity index (χ4v) is 1.50. The lowest BCUT2D eigenvalue weighted by molar-refractivity contribution is 0.771. The first kappa shape index (κ1) is 8.46. The van der Waals surface area contributed by atoms with Crippen LogP contribution in [0, 0.1) is 0 Å². The van der Waals surface area contributed by atoms with Gasteiger partial charge in [-0.25, -0.2) is 0 Å². The van der Waals surface area contributed by atoms with Crippen molar-refractivity contribution in [3.63, 3.8) is 0 Å². The van der Waals surface area contributed by atoms with E-state index in [1.54, 1.807) is 4.68 Å². The first-order valence-electron chi connectivity index (χ1n) is 3.50. The Bertz CT molecular complexity index is 409. The van der Waals surface area contributed by atoms with E-state index >= 15 is 0 Å². The van der Waals surface area contributed by atoms with Crippen molar-refractivity contribution in [2.75, 3.05) is 5.32 Å². The second-order valence-electron chi connectivity index (χ2n) is 2.40. The number of hydrogen-bond acceptors (Lipinski definition) is 5. The molecule has 2 aromatic rings. The molecule has 0 atom stereocenters. The molecule has 13 heavy (non-hydrogen) atoms. The van der Waals surface area contributed by atoms with Gasteiger partial charge in [-0.2, -0.15) is 13.8 Å². The summed E-state index contributed by atoms with van der Waals surface area (Å²) in [5.41, 5.74) is 0. The van der Waals surface area contributed by atoms with Gasteiger partial charge >= 0.3 is 0 Å². The molecule has 0 amide bonds. The summed E-state index contributed by atoms with van der Waals surface area (Å²) in [4.78, 5) is 0. The summed E-state index contributed by atoms with van der Waals surface area (Å²) in [6.07, 6.45) is 1.83. The van der Waals surface area contributed by atoms with Crippen LogP contribution in [0.2, 0.25) is 5.15 Å². The Hall–Kier alpha value is -1.14. The van der Waals surface area contributed by atoms with Gasteiger partial charge in [-0.05, 0) is 0 Å². The number of nitrogens with zero attached hydrogens (tertiary/aromatic N) is 4. The highest BCUT2D eigenvalue weighted by atomic mass is 35.5. The third-order valence-corrected chi connectivity index (χ3v) is 2.30. The van der Waals surface area contributed by atoms with Gasteiger partial charge in [0.05, 0.1) is 11.7 Å². The van der Waals surface area contributed by atoms with E-state index in [2.05, 4.69) is 19.2 Å². The van der Waals surface area contributed by atoms with Gasteiger partial charge in [0.1, 0.15) is 0 Å². The van der Waals surface area contributed by atoms with Gasteiger partial charge in [-0.3, -0.25) is 4.68 Å². The monoisotopic (exact) mass is 215 g/mol. The van der Waals surface area contributed by atoms with Gasteiger partial charge in [0, 0.05) is 19.3 Å². The molecule has 0 unspecified atom stereocenters. The minimum atomic E-state index is 0.371. The third kappa shape index (κ3) is 1.78. The molecule has 2 rings (SSSR count). The zero-order valence-electron chi connectivity index (χ0n) is 6.73. The topological polar surface area (TPSA) is 55.6 Å². The Balaban J connectivity index is 2.19. The Morgan fingerprint density at radius 2 is 2.38 bits per heavy atom. The van der Waals surface area contributed by atoms with Gasteiger partial charge in [-0.1, -0.05) is 11.6 Å². The van der Waals surface area contributed by atoms with Crippen molar-refractivity contribution in [1.29, 1.82) is 0 Å². The number of aromatic nitrogens is 4. The Labute approximate surface area is 83.7 Å². The van der Waals surface area contributed by atoms with Crippen molar-refractivity contribution >= 4 is 35.0 Å². The van der Waals surface area contributed by atoms with Crippen LogP contribution in [0.15, 0.2) is 12.3 Å². The number of nitrogens with one attached hydrogen (secondary N) is 1. The second-order valence-corrected chi connectivity index (χ2v) is 3.29. The summed E-state index contributed by atoms with van der Waals surface area (Å²) in [6, 6.07) is 1.83. The summed E-state index contributed by atoms with van der Waals surface area (Å²) < 4.78 is 9.47. The van der Waals surface area contributed by atoms with Crippen LogP contribution in [0.1, 0.15) is 0 Å². The predicted octanol–water partition coefficient (Wildman–Crippen LogP) is 1.67. The molecule has 1 N–H and O–H groups in total. The molecule has 0 aromatic carbocycles. The van der Waals surface area contributed by atoms with Crippen molar-refractivity contribution < 1.29 is 0 Å². The largest absolute Gasteiger partial charge is 0.320 e. The van der Waals surface area contributed by atoms with E-state index in [1.807, 2.05) is 19.3 Å². The highest BCUT2D eigenvalue weighted by Gasteiger charge is 2.05. The van der Waals surface area contributed by atoms with Crippen LogP contribution in [0.3, 0.4) is 0 Å². The van der Waals surface area contributed by atoms with E-state index < -0.39 is 0 Å². The fourth-order valence-electron chi connectivity index (χ4n) is 0.855. The van der Waals surface area contributed by atoms with Crippen molar-refractivity contribution in [2.45, 2.75) is 0 Å². The van der Waals surface area contributed by atoms with Crippen LogP contribution < -0.4 is 5.32 Å². The van der Waals surface area contributed by atoms with Crippen molar-refractivity contribution in [2.24, 2.45) is 7.05 Å². The molecule has 0 spiro atoms. The number of hydrogen-bond donors (Lipinski definition) is 1. The maximum atomic E-state index is 5.74. The Kier molecular flexibility index (Phi) is 2.15. The number of anilines is 2. The molecule has 0 radical (unpaired) electrons. The SMILES string of the molecule is Cn1ccc(Nc2nsnc2Cl)n1. The molecule has 0 saturated carbocycles. The maximum absolute atomic E-state index is 5.74. The molecule has 0 bridgehead atoms. The van der Waals surface area contributed by atoms with E-state index in [-0.39, 0.29) is 0 Å². The molecule has 2 aromatic heterocycles. The molecule has 7 heteroatoms. The first-order valence-corrected chi connectivity index (χ1v) is 4.61. The molecular formula is C6H6ClN5S. The second kappa shape index (κ2) is 3.31. The molecule has 2 heterocycles. The lowest BCUT2D eigenvalue weighted by Crippen LogP contribution is -1.94. The summed E-state index contributed by atoms with van der Waals surface area (Å²) in [5.74, 6) is 1.25. The van der Waals surface area contributed by atoms with Gasteiger partial charge in [0.2, 0.25) is 0 Å². The third-order valence-electron chi connectivity index (χ3n) is 1.41. The van der Waals surface area contributed by atoms with E-state index in [1.165, 1.54) is 0 Å². The first-order chi connectivity index (χ1) is 6.25. The van der Waals surface area contributed by atoms with E-state index in [0.717, 1.165) is 11.7 Å². The Morgan fingerprint density at radius 1 is 1.54 bits per heavy atom. The summed E-state index contributed by atoms with van der Waals surface area (Å²) in [5, 5.41) is 7.43. The van der Waals surface area contributed by atoms with E-state index in [9.17, 15) is 0 Å². The van der Waals surface area contributed by atoms with Crippen molar-refractivity contribution in [3.8, 4) is 0 Å². The fraction of sp³-hybridized carbons (Fsp3) is 0.167. The van der Waals surface area contributed by atoms with Crippen molar-refractivity contribution in [1.82, 2.24) is 18.5 Å². The van der Waals surface area contributed by atoms with Gasteiger partial charge in [-0.15, -0.1) is 0 Å². The molecule has 5 nitrogen and oxygen atoms in total. The van der Waals surface area contributed by atoms with Crippen LogP contribution in [-0.2, 0) is 7.05 Å². The highest BCUT2D eigenvalue weighted by molar-refractivity contribution is 6.99. The number of halogens is 1. The number of rotatable bonds is 2. The van der Waals surface area contributed by atoms with Crippen LogP contribution in [0.4, 0.5) is 11.6 Å². The zero-order chi connectivity index (χ0) is 9.26. The highest BCUT2D eigenvalue weighted by Crippen LogP contribution is 2.21. The average molecular weight is 216 g/mol. The summed E-state index contributed by atoms with van der Waals surface area (Å²) >= 11 is 6.80. The lowest BCUT2D eigenvalue weighted by atomic mass is 10.6. The standard InChI is InChI=1S/C6H6ClN5S/c1-12-3-2-4(9-12)8-6-5(7)10-13-11-6/h2-3H,1H3,(H,8,9,11). The normalized spacial score (nSPS) is 10.3. The molecule has 0 aliphatic heterocycles. The lowest BCUT2D eigenvalue weighted by Gasteiger charge is -1.95. The predicted molar refractivity (Wildman–Crippen MR) is 51.4 cm³/mol. The smallest absolute Gasteiger partial charge is 0.187 e. The van der Waals surface area contributed by atoms with Crippen LogP contribution in [0.5, 0.6) is 0 Å². The average Bonchev–Trinajstić information content (AvgIpc) is 2.64. The quantitative estimate of drug-likeness (QED) is 0.828. The minimum Gasteiger partial charge on any atom is -0.320 e. The van der Waals surface area contributed by atoms with Crippen molar-refractivity contribution in [3.05, 3.63) is 17.4 Å². The van der Waals surface area contributed by atoms with Crippen LogP contribution >= 0.6 is 23.3 Å². The molecule has 68 valence electrons. The van der Waals surface area contributed by atoms with Crippen LogP contribution in [0.25, 0.3) is 0 Å². The maximum Gasteiger partial charge on any atom is 0.187 e. The van der Waals surface area contributed by atoms with E-state index in [0.29, 0.717) is 16.8 Å². The molecule has 0 aliphatic rings. The number of aryl methyl sites for hydroxylation is 1. The Morgan fingerprint density at radius 3 is 2.92 bits per heavy atom. The molecular weight excluding hydrogens is 210 g/mol. The van der Waals surface area contributed by atoms with Gasteiger partial charge in [0.15, 0.2) is 16.8 Å². The molecule has 0 fully saturated rings. The summed E-state index contributed by atoms with van der Waals surface area (Å²) in [6.45, 7) is 0.